The van der Waals surface area contributed by atoms with Gasteiger partial charge in [-0.25, -0.2) is 0 Å². The van der Waals surface area contributed by atoms with Crippen LogP contribution in [0.2, 0.25) is 0 Å². The normalized spacial score (nSPS) is 17.7. The van der Waals surface area contributed by atoms with Crippen LogP contribution in [0.1, 0.15) is 22.7 Å². The highest BCUT2D eigenvalue weighted by Crippen LogP contribution is 2.31. The average molecular weight is 436 g/mol. The Morgan fingerprint density at radius 3 is 2.50 bits per heavy atom. The van der Waals surface area contributed by atoms with Crippen LogP contribution in [-0.4, -0.2) is 75.0 Å². The zero-order valence-corrected chi connectivity index (χ0v) is 19.2. The number of carbonyl (C=O) groups excluding carboxylic acids is 2. The maximum absolute atomic E-state index is 12.6. The van der Waals surface area contributed by atoms with Crippen LogP contribution in [0.5, 0.6) is 0 Å². The van der Waals surface area contributed by atoms with Crippen molar-refractivity contribution in [3.05, 3.63) is 59.2 Å². The molecule has 0 unspecified atom stereocenters. The summed E-state index contributed by atoms with van der Waals surface area (Å²) >= 11 is 0. The molecule has 4 rings (SSSR count). The van der Waals surface area contributed by atoms with E-state index in [4.69, 9.17) is 0 Å². The predicted molar refractivity (Wildman–Crippen MR) is 128 cm³/mol. The second kappa shape index (κ2) is 9.71. The zero-order chi connectivity index (χ0) is 22.7. The Morgan fingerprint density at radius 1 is 0.969 bits per heavy atom. The quantitative estimate of drug-likeness (QED) is 0.704. The Labute approximate surface area is 190 Å². The fourth-order valence-corrected chi connectivity index (χ4v) is 4.57. The summed E-state index contributed by atoms with van der Waals surface area (Å²) in [6.07, 6.45) is 1.04. The van der Waals surface area contributed by atoms with Crippen LogP contribution in [0.4, 0.5) is 11.4 Å². The van der Waals surface area contributed by atoms with Crippen molar-refractivity contribution in [3.63, 3.8) is 0 Å². The minimum absolute atomic E-state index is 0.0376. The lowest BCUT2D eigenvalue weighted by molar-refractivity contribution is -0.136. The largest absolute Gasteiger partial charge is 0.374 e. The molecule has 0 aliphatic carbocycles. The number of piperazine rings is 1. The van der Waals surface area contributed by atoms with Crippen molar-refractivity contribution in [2.45, 2.75) is 19.4 Å². The second-order valence-electron chi connectivity index (χ2n) is 8.95. The van der Waals surface area contributed by atoms with Crippen LogP contribution in [0.3, 0.4) is 0 Å². The molecule has 2 aromatic carbocycles. The van der Waals surface area contributed by atoms with E-state index in [0.29, 0.717) is 12.2 Å². The molecule has 7 nitrogen and oxygen atoms in total. The van der Waals surface area contributed by atoms with Gasteiger partial charge in [0.25, 0.3) is 0 Å². The fraction of sp³-hybridized carbons (Fsp3) is 0.440. The highest BCUT2D eigenvalue weighted by Gasteiger charge is 2.27. The van der Waals surface area contributed by atoms with Crippen molar-refractivity contribution >= 4 is 23.2 Å². The lowest BCUT2D eigenvalue weighted by atomic mass is 10.00. The van der Waals surface area contributed by atoms with E-state index in [9.17, 15) is 9.59 Å². The Morgan fingerprint density at radius 2 is 1.75 bits per heavy atom. The van der Waals surface area contributed by atoms with Gasteiger partial charge in [-0.2, -0.15) is 0 Å². The number of hydrogen-bond acceptors (Lipinski definition) is 5. The first kappa shape index (κ1) is 22.3. The first-order valence-corrected chi connectivity index (χ1v) is 11.3. The summed E-state index contributed by atoms with van der Waals surface area (Å²) in [7, 11) is 4.26. The molecular weight excluding hydrogens is 402 g/mol. The molecule has 1 saturated heterocycles. The first-order chi connectivity index (χ1) is 15.4. The van der Waals surface area contributed by atoms with Crippen LogP contribution in [0, 0.1) is 6.92 Å². The predicted octanol–water partition coefficient (Wildman–Crippen LogP) is 2.03. The Hall–Kier alpha value is -2.90. The molecule has 2 aliphatic heterocycles. The molecule has 0 bridgehead atoms. The van der Waals surface area contributed by atoms with E-state index in [-0.39, 0.29) is 6.04 Å². The van der Waals surface area contributed by atoms with Crippen molar-refractivity contribution in [1.29, 1.82) is 0 Å². The highest BCUT2D eigenvalue weighted by molar-refractivity contribution is 6.39. The molecule has 1 fully saturated rings. The smallest absolute Gasteiger partial charge is 0.313 e. The Balaban J connectivity index is 1.46. The number of amides is 2. The van der Waals surface area contributed by atoms with Gasteiger partial charge in [0.15, 0.2) is 0 Å². The molecule has 0 radical (unpaired) electrons. The van der Waals surface area contributed by atoms with Gasteiger partial charge in [0.05, 0.1) is 6.04 Å². The molecule has 2 heterocycles. The number of aryl methyl sites for hydroxylation is 1. The van der Waals surface area contributed by atoms with Crippen LogP contribution in [0.15, 0.2) is 42.5 Å². The molecule has 7 heteroatoms. The van der Waals surface area contributed by atoms with Gasteiger partial charge in [0, 0.05) is 57.7 Å². The Bertz CT molecular complexity index is 984. The molecule has 170 valence electrons. The summed E-state index contributed by atoms with van der Waals surface area (Å²) in [6.45, 7) is 7.24. The number of anilines is 2. The molecule has 0 aromatic heterocycles. The van der Waals surface area contributed by atoms with E-state index >= 15 is 0 Å². The number of nitrogens with zero attached hydrogens (tertiary/aromatic N) is 3. The lowest BCUT2D eigenvalue weighted by Gasteiger charge is -2.38. The molecule has 0 spiro atoms. The summed E-state index contributed by atoms with van der Waals surface area (Å²) in [5.74, 6) is -1.24. The van der Waals surface area contributed by atoms with Gasteiger partial charge in [0.2, 0.25) is 0 Å². The van der Waals surface area contributed by atoms with E-state index < -0.39 is 11.8 Å². The SMILES string of the molecule is Cc1cccc(NC(=O)C(=O)NC[C@H](c2ccc3c(c2)CCN3C)N2CCN(C)CC2)c1. The minimum atomic E-state index is -0.636. The number of rotatable bonds is 5. The third kappa shape index (κ3) is 5.11. The van der Waals surface area contributed by atoms with Gasteiger partial charge in [-0.05, 0) is 55.3 Å². The molecule has 2 amide bonds. The van der Waals surface area contributed by atoms with Crippen LogP contribution in [0.25, 0.3) is 0 Å². The highest BCUT2D eigenvalue weighted by atomic mass is 16.2. The summed E-state index contributed by atoms with van der Waals surface area (Å²) < 4.78 is 0. The van der Waals surface area contributed by atoms with Gasteiger partial charge in [-0.3, -0.25) is 14.5 Å². The van der Waals surface area contributed by atoms with Crippen molar-refractivity contribution in [2.75, 3.05) is 63.6 Å². The molecule has 1 atom stereocenters. The maximum Gasteiger partial charge on any atom is 0.313 e. The number of fused-ring (bicyclic) bond motifs is 1. The summed E-state index contributed by atoms with van der Waals surface area (Å²) in [6, 6.07) is 14.1. The number of benzene rings is 2. The van der Waals surface area contributed by atoms with E-state index in [0.717, 1.165) is 44.7 Å². The number of carbonyl (C=O) groups is 2. The lowest BCUT2D eigenvalue weighted by Crippen LogP contribution is -2.49. The Kier molecular flexibility index (Phi) is 6.77. The van der Waals surface area contributed by atoms with Crippen LogP contribution < -0.4 is 15.5 Å². The van der Waals surface area contributed by atoms with E-state index in [1.807, 2.05) is 25.1 Å². The van der Waals surface area contributed by atoms with Crippen molar-refractivity contribution in [3.8, 4) is 0 Å². The standard InChI is InChI=1S/C25H33N5O2/c1-18-5-4-6-21(15-18)27-25(32)24(31)26-17-23(30-13-11-28(2)12-14-30)19-7-8-22-20(16-19)9-10-29(22)3/h4-8,15-16,23H,9-14,17H2,1-3H3,(H,26,31)(H,27,32)/t23-/m1/s1. The third-order valence-corrected chi connectivity index (χ3v) is 6.53. The van der Waals surface area contributed by atoms with Crippen LogP contribution in [-0.2, 0) is 16.0 Å². The van der Waals surface area contributed by atoms with Gasteiger partial charge in [-0.1, -0.05) is 24.3 Å². The average Bonchev–Trinajstić information content (AvgIpc) is 3.15. The number of hydrogen-bond donors (Lipinski definition) is 2. The van der Waals surface area contributed by atoms with E-state index in [2.05, 4.69) is 57.6 Å². The van der Waals surface area contributed by atoms with E-state index in [1.165, 1.54) is 16.8 Å². The van der Waals surface area contributed by atoms with Gasteiger partial charge < -0.3 is 20.4 Å². The molecule has 2 aliphatic rings. The van der Waals surface area contributed by atoms with Crippen molar-refractivity contribution in [1.82, 2.24) is 15.1 Å². The van der Waals surface area contributed by atoms with Crippen molar-refractivity contribution < 1.29 is 9.59 Å². The monoisotopic (exact) mass is 435 g/mol. The minimum Gasteiger partial charge on any atom is -0.374 e. The van der Waals surface area contributed by atoms with Gasteiger partial charge in [-0.15, -0.1) is 0 Å². The second-order valence-corrected chi connectivity index (χ2v) is 8.95. The molecule has 2 N–H and O–H groups in total. The van der Waals surface area contributed by atoms with Gasteiger partial charge in [0.1, 0.15) is 0 Å². The maximum atomic E-state index is 12.6. The summed E-state index contributed by atoms with van der Waals surface area (Å²) in [5, 5.41) is 5.58. The van der Waals surface area contributed by atoms with Crippen molar-refractivity contribution in [2.24, 2.45) is 0 Å². The topological polar surface area (TPSA) is 67.9 Å². The fourth-order valence-electron chi connectivity index (χ4n) is 4.57. The third-order valence-electron chi connectivity index (χ3n) is 6.53. The zero-order valence-electron chi connectivity index (χ0n) is 19.2. The molecule has 32 heavy (non-hydrogen) atoms. The molecular formula is C25H33N5O2. The summed E-state index contributed by atoms with van der Waals surface area (Å²) in [5.41, 5.74) is 5.49. The number of likely N-dealkylation sites (N-methyl/N-ethyl adjacent to an activating group) is 2. The number of nitrogens with one attached hydrogen (secondary N) is 2. The molecule has 0 saturated carbocycles. The van der Waals surface area contributed by atoms with Crippen LogP contribution >= 0.6 is 0 Å². The summed E-state index contributed by atoms with van der Waals surface area (Å²) in [4.78, 5) is 32.0. The molecule has 2 aromatic rings. The first-order valence-electron chi connectivity index (χ1n) is 11.3. The van der Waals surface area contributed by atoms with E-state index in [1.54, 1.807) is 6.07 Å². The van der Waals surface area contributed by atoms with Gasteiger partial charge >= 0.3 is 11.8 Å².